The fourth-order valence-corrected chi connectivity index (χ4v) is 4.79. The van der Waals surface area contributed by atoms with E-state index in [0.29, 0.717) is 22.5 Å². The van der Waals surface area contributed by atoms with Gasteiger partial charge in [0.2, 0.25) is 0 Å². The lowest BCUT2D eigenvalue weighted by Gasteiger charge is -2.06. The predicted octanol–water partition coefficient (Wildman–Crippen LogP) is 4.20. The number of nitrogens with zero attached hydrogens (tertiary/aromatic N) is 2. The van der Waals surface area contributed by atoms with Gasteiger partial charge in [-0.1, -0.05) is 24.3 Å². The number of carbonyl (C=O) groups excluding carboxylic acids is 1. The van der Waals surface area contributed by atoms with Crippen molar-refractivity contribution in [3.8, 4) is 0 Å². The number of rotatable bonds is 5. The number of anilines is 1. The third-order valence-corrected chi connectivity index (χ3v) is 6.52. The Labute approximate surface area is 171 Å². The minimum Gasteiger partial charge on any atom is -0.506 e. The van der Waals surface area contributed by atoms with Gasteiger partial charge in [-0.3, -0.25) is 14.5 Å². The van der Waals surface area contributed by atoms with E-state index in [9.17, 15) is 18.3 Å². The molecule has 0 amide bonds. The first kappa shape index (κ1) is 19.0. The second-order valence-electron chi connectivity index (χ2n) is 6.23. The van der Waals surface area contributed by atoms with E-state index in [2.05, 4.69) is 14.7 Å². The lowest BCUT2D eigenvalue weighted by atomic mass is 10.1. The van der Waals surface area contributed by atoms with Gasteiger partial charge in [0.25, 0.3) is 10.0 Å². The van der Waals surface area contributed by atoms with Gasteiger partial charge in [0, 0.05) is 22.7 Å². The molecule has 0 saturated carbocycles. The van der Waals surface area contributed by atoms with E-state index in [1.54, 1.807) is 36.6 Å². The number of fused-ring (bicyclic) bond motifs is 1. The lowest BCUT2D eigenvalue weighted by Crippen LogP contribution is -2.12. The summed E-state index contributed by atoms with van der Waals surface area (Å²) in [5.74, 6) is -0.384. The van der Waals surface area contributed by atoms with Crippen molar-refractivity contribution in [3.63, 3.8) is 0 Å². The normalized spacial score (nSPS) is 14.2. The number of Topliss-reactive ketones (excluding diaryl/α,β-unsaturated/α-hetero) is 1. The molecule has 1 aromatic heterocycles. The topological polar surface area (TPSA) is 109 Å². The van der Waals surface area contributed by atoms with Crippen LogP contribution in [0.5, 0.6) is 0 Å². The molecule has 0 spiro atoms. The van der Waals surface area contributed by atoms with Crippen LogP contribution in [0.2, 0.25) is 0 Å². The number of sulfonamides is 1. The number of hydrogen-bond acceptors (Lipinski definition) is 7. The molecule has 146 valence electrons. The highest BCUT2D eigenvalue weighted by Gasteiger charge is 2.30. The average Bonchev–Trinajstić information content (AvgIpc) is 3.29. The molecule has 1 aliphatic rings. The molecule has 4 rings (SSSR count). The minimum atomic E-state index is -3.75. The minimum absolute atomic E-state index is 0.0655. The number of aromatic nitrogens is 1. The molecular weight excluding hydrogens is 410 g/mol. The van der Waals surface area contributed by atoms with E-state index in [4.69, 9.17) is 0 Å². The van der Waals surface area contributed by atoms with Crippen LogP contribution < -0.4 is 4.72 Å². The van der Waals surface area contributed by atoms with Crippen LogP contribution >= 0.6 is 11.3 Å². The summed E-state index contributed by atoms with van der Waals surface area (Å²) < 4.78 is 27.2. The summed E-state index contributed by atoms with van der Waals surface area (Å²) >= 11 is 1.18. The van der Waals surface area contributed by atoms with Gasteiger partial charge in [0.1, 0.15) is 5.76 Å². The van der Waals surface area contributed by atoms with Crippen molar-refractivity contribution in [2.24, 2.45) is 4.99 Å². The Balaban J connectivity index is 1.60. The van der Waals surface area contributed by atoms with Crippen LogP contribution in [0, 0.1) is 0 Å². The van der Waals surface area contributed by atoms with Crippen molar-refractivity contribution >= 4 is 49.4 Å². The molecule has 0 atom stereocenters. The summed E-state index contributed by atoms with van der Waals surface area (Å²) in [6, 6.07) is 12.7. The Morgan fingerprint density at radius 1 is 1.10 bits per heavy atom. The zero-order chi connectivity index (χ0) is 20.6. The van der Waals surface area contributed by atoms with Crippen LogP contribution in [-0.4, -0.2) is 30.0 Å². The highest BCUT2D eigenvalue weighted by Crippen LogP contribution is 2.32. The van der Waals surface area contributed by atoms with Crippen molar-refractivity contribution in [3.05, 3.63) is 76.8 Å². The van der Waals surface area contributed by atoms with Crippen LogP contribution in [0.4, 0.5) is 10.8 Å². The molecule has 0 aliphatic heterocycles. The predicted molar refractivity (Wildman–Crippen MR) is 112 cm³/mol. The van der Waals surface area contributed by atoms with Gasteiger partial charge in [-0.25, -0.2) is 13.4 Å². The fraction of sp³-hybridized carbons (Fsp3) is 0.0500. The fourth-order valence-electron chi connectivity index (χ4n) is 3.00. The first-order chi connectivity index (χ1) is 13.9. The van der Waals surface area contributed by atoms with Crippen molar-refractivity contribution in [1.82, 2.24) is 4.98 Å². The van der Waals surface area contributed by atoms with E-state index < -0.39 is 10.0 Å². The number of carbonyl (C=O) groups is 1. The van der Waals surface area contributed by atoms with E-state index in [1.807, 2.05) is 0 Å². The number of ketones is 1. The molecule has 3 aromatic rings. The second-order valence-corrected chi connectivity index (χ2v) is 8.81. The summed E-state index contributed by atoms with van der Waals surface area (Å²) in [5, 5.41) is 12.4. The number of aliphatic hydroxyl groups is 1. The standard InChI is InChI=1S/C20H15N3O4S2/c1-12(17-18(24)15-4-2-3-5-16(15)19(17)25)22-13-6-8-14(9-7-13)29(26,27)23-20-21-10-11-28-20/h2-11,24H,1H3,(H,21,23). The van der Waals surface area contributed by atoms with E-state index in [1.165, 1.54) is 41.8 Å². The molecule has 1 aliphatic carbocycles. The van der Waals surface area contributed by atoms with Crippen LogP contribution in [-0.2, 0) is 10.0 Å². The molecule has 0 bridgehead atoms. The number of nitrogens with one attached hydrogen (secondary N) is 1. The van der Waals surface area contributed by atoms with Crippen LogP contribution in [0.1, 0.15) is 22.8 Å². The van der Waals surface area contributed by atoms with E-state index in [-0.39, 0.29) is 27.1 Å². The van der Waals surface area contributed by atoms with Crippen molar-refractivity contribution in [2.45, 2.75) is 11.8 Å². The van der Waals surface area contributed by atoms with Crippen LogP contribution in [0.3, 0.4) is 0 Å². The van der Waals surface area contributed by atoms with Gasteiger partial charge in [0.15, 0.2) is 10.9 Å². The van der Waals surface area contributed by atoms with Gasteiger partial charge < -0.3 is 5.11 Å². The summed E-state index contributed by atoms with van der Waals surface area (Å²) in [5.41, 5.74) is 1.87. The van der Waals surface area contributed by atoms with Gasteiger partial charge in [0.05, 0.1) is 21.9 Å². The highest BCUT2D eigenvalue weighted by atomic mass is 32.2. The summed E-state index contributed by atoms with van der Waals surface area (Å²) in [6.45, 7) is 1.63. The Morgan fingerprint density at radius 2 is 1.79 bits per heavy atom. The van der Waals surface area contributed by atoms with E-state index in [0.717, 1.165) is 0 Å². The molecular formula is C20H15N3O4S2. The summed E-state index contributed by atoms with van der Waals surface area (Å²) in [4.78, 5) is 20.9. The SMILES string of the molecule is CC(=Nc1ccc(S(=O)(=O)Nc2nccs2)cc1)C1=C(O)c2ccccc2C1=O. The molecule has 29 heavy (non-hydrogen) atoms. The first-order valence-corrected chi connectivity index (χ1v) is 10.9. The monoisotopic (exact) mass is 425 g/mol. The third-order valence-electron chi connectivity index (χ3n) is 4.35. The molecule has 0 unspecified atom stereocenters. The Morgan fingerprint density at radius 3 is 2.41 bits per heavy atom. The quantitative estimate of drug-likeness (QED) is 0.596. The molecule has 2 N–H and O–H groups in total. The van der Waals surface area contributed by atoms with Crippen LogP contribution in [0.15, 0.2) is 75.6 Å². The number of aliphatic hydroxyl groups excluding tert-OH is 1. The Hall–Kier alpha value is -3.30. The zero-order valence-electron chi connectivity index (χ0n) is 15.2. The van der Waals surface area contributed by atoms with E-state index >= 15 is 0 Å². The van der Waals surface area contributed by atoms with Gasteiger partial charge >= 0.3 is 0 Å². The molecule has 0 saturated heterocycles. The van der Waals surface area contributed by atoms with Gasteiger partial charge in [-0.15, -0.1) is 11.3 Å². The second kappa shape index (κ2) is 7.26. The lowest BCUT2D eigenvalue weighted by molar-refractivity contribution is 0.104. The highest BCUT2D eigenvalue weighted by molar-refractivity contribution is 7.93. The first-order valence-electron chi connectivity index (χ1n) is 8.52. The Bertz CT molecular complexity index is 1260. The van der Waals surface area contributed by atoms with Gasteiger partial charge in [-0.2, -0.15) is 0 Å². The van der Waals surface area contributed by atoms with Crippen molar-refractivity contribution < 1.29 is 18.3 Å². The number of thiazole rings is 1. The van der Waals surface area contributed by atoms with Crippen LogP contribution in [0.25, 0.3) is 5.76 Å². The molecule has 9 heteroatoms. The number of benzene rings is 2. The van der Waals surface area contributed by atoms with Crippen molar-refractivity contribution in [1.29, 1.82) is 0 Å². The summed E-state index contributed by atoms with van der Waals surface area (Å²) in [7, 11) is -3.75. The number of allylic oxidation sites excluding steroid dienone is 1. The maximum atomic E-state index is 12.6. The third kappa shape index (κ3) is 3.57. The Kier molecular flexibility index (Phi) is 4.77. The molecule has 0 radical (unpaired) electrons. The summed E-state index contributed by atoms with van der Waals surface area (Å²) in [6.07, 6.45) is 1.51. The van der Waals surface area contributed by atoms with Crippen molar-refractivity contribution in [2.75, 3.05) is 4.72 Å². The smallest absolute Gasteiger partial charge is 0.263 e. The number of hydrogen-bond donors (Lipinski definition) is 2. The van der Waals surface area contributed by atoms with Gasteiger partial charge in [-0.05, 0) is 31.2 Å². The number of aliphatic imine (C=N–C) groups is 1. The maximum Gasteiger partial charge on any atom is 0.263 e. The zero-order valence-corrected chi connectivity index (χ0v) is 16.8. The largest absolute Gasteiger partial charge is 0.506 e. The average molecular weight is 425 g/mol. The maximum absolute atomic E-state index is 12.6. The molecule has 2 aromatic carbocycles. The molecule has 0 fully saturated rings. The molecule has 1 heterocycles. The molecule has 7 nitrogen and oxygen atoms in total.